The van der Waals surface area contributed by atoms with Gasteiger partial charge in [0.2, 0.25) is 0 Å². The highest BCUT2D eigenvalue weighted by Crippen LogP contribution is 2.34. The lowest BCUT2D eigenvalue weighted by Crippen LogP contribution is -2.16. The average molecular weight is 624 g/mol. The van der Waals surface area contributed by atoms with Crippen LogP contribution in [0.25, 0.3) is 22.0 Å². The Balaban J connectivity index is 0.000000686. The number of halogens is 2. The van der Waals surface area contributed by atoms with Gasteiger partial charge in [0.1, 0.15) is 0 Å². The number of pyridine rings is 1. The second kappa shape index (κ2) is 18.9. The lowest BCUT2D eigenvalue weighted by molar-refractivity contribution is 0.102. The van der Waals surface area contributed by atoms with Crippen molar-refractivity contribution in [2.75, 3.05) is 21.9 Å². The molecule has 4 rings (SSSR count). The largest absolute Gasteiger partial charge is 0.405 e. The third kappa shape index (κ3) is 10.8. The summed E-state index contributed by atoms with van der Waals surface area (Å²) in [5.41, 5.74) is 8.60. The maximum atomic E-state index is 13.0. The molecule has 5 nitrogen and oxygen atoms in total. The van der Waals surface area contributed by atoms with E-state index in [1.165, 1.54) is 6.20 Å². The number of rotatable bonds is 9. The molecule has 0 aliphatic carbocycles. The topological polar surface area (TPSA) is 71.2 Å². The third-order valence-electron chi connectivity index (χ3n) is 5.85. The van der Waals surface area contributed by atoms with Crippen molar-refractivity contribution in [2.45, 2.75) is 40.5 Å². The van der Waals surface area contributed by atoms with Crippen molar-refractivity contribution < 1.29 is 4.79 Å². The number of nitrogens with zero attached hydrogens (tertiary/aromatic N) is 2. The van der Waals surface area contributed by atoms with Crippen molar-refractivity contribution >= 4 is 63.2 Å². The summed E-state index contributed by atoms with van der Waals surface area (Å²) in [4.78, 5) is 17.5. The molecule has 0 unspecified atom stereocenters. The van der Waals surface area contributed by atoms with Crippen LogP contribution in [0.5, 0.6) is 0 Å². The fourth-order valence-corrected chi connectivity index (χ4v) is 4.97. The lowest BCUT2D eigenvalue weighted by Gasteiger charge is -2.22. The van der Waals surface area contributed by atoms with Crippen LogP contribution in [0.2, 0.25) is 5.02 Å². The molecular formula is C34H40Cl2N4OS. The van der Waals surface area contributed by atoms with Gasteiger partial charge < -0.3 is 15.4 Å². The Bertz CT molecular complexity index is 1450. The van der Waals surface area contributed by atoms with Crippen molar-refractivity contribution in [2.24, 2.45) is 5.73 Å². The van der Waals surface area contributed by atoms with E-state index < -0.39 is 0 Å². The molecule has 0 radical (unpaired) electrons. The summed E-state index contributed by atoms with van der Waals surface area (Å²) in [7, 11) is 0. The smallest absolute Gasteiger partial charge is 0.255 e. The van der Waals surface area contributed by atoms with Crippen LogP contribution in [-0.2, 0) is 0 Å². The fourth-order valence-electron chi connectivity index (χ4n) is 3.77. The van der Waals surface area contributed by atoms with E-state index in [1.807, 2.05) is 98.6 Å². The molecule has 1 amide bonds. The summed E-state index contributed by atoms with van der Waals surface area (Å²) < 4.78 is 2.30. The van der Waals surface area contributed by atoms with Crippen LogP contribution in [0.15, 0.2) is 103 Å². The minimum atomic E-state index is -0.158. The number of carbonyl (C=O) groups excluding carboxylic acids is 1. The van der Waals surface area contributed by atoms with Crippen LogP contribution in [0, 0.1) is 0 Å². The highest BCUT2D eigenvalue weighted by atomic mass is 35.5. The van der Waals surface area contributed by atoms with Crippen molar-refractivity contribution in [3.05, 3.63) is 113 Å². The molecule has 4 aromatic rings. The first-order valence-corrected chi connectivity index (χ1v) is 15.6. The molecule has 0 saturated carbocycles. The van der Waals surface area contributed by atoms with Gasteiger partial charge in [0.05, 0.1) is 10.7 Å². The van der Waals surface area contributed by atoms with E-state index in [2.05, 4.69) is 40.8 Å². The Kier molecular flexibility index (Phi) is 15.6. The minimum absolute atomic E-state index is 0.158. The van der Waals surface area contributed by atoms with Crippen LogP contribution in [0.1, 0.15) is 50.9 Å². The summed E-state index contributed by atoms with van der Waals surface area (Å²) in [5.74, 6) is 0.918. The molecule has 0 saturated heterocycles. The number of aromatic nitrogens is 1. The molecule has 0 bridgehead atoms. The van der Waals surface area contributed by atoms with Gasteiger partial charge in [0.15, 0.2) is 0 Å². The zero-order valence-corrected chi connectivity index (χ0v) is 27.1. The monoisotopic (exact) mass is 622 g/mol. The molecular weight excluding hydrogens is 583 g/mol. The first kappa shape index (κ1) is 34.7. The number of carbonyl (C=O) groups is 1. The normalized spacial score (nSPS) is 10.6. The van der Waals surface area contributed by atoms with Crippen molar-refractivity contribution in [1.82, 2.24) is 4.98 Å². The summed E-state index contributed by atoms with van der Waals surface area (Å²) in [6.07, 6.45) is 7.08. The second-order valence-electron chi connectivity index (χ2n) is 9.12. The Morgan fingerprint density at radius 3 is 2.36 bits per heavy atom. The Morgan fingerprint density at radius 1 is 1.07 bits per heavy atom. The number of hydrogen-bond donors (Lipinski definition) is 2. The van der Waals surface area contributed by atoms with Gasteiger partial charge in [-0.15, -0.1) is 0 Å². The van der Waals surface area contributed by atoms with Gasteiger partial charge in [-0.1, -0.05) is 74.0 Å². The number of anilines is 2. The molecule has 42 heavy (non-hydrogen) atoms. The van der Waals surface area contributed by atoms with E-state index >= 15 is 0 Å². The number of fused-ring (bicyclic) bond motifs is 1. The molecule has 1 heterocycles. The molecule has 8 heteroatoms. The van der Waals surface area contributed by atoms with Crippen molar-refractivity contribution in [1.29, 1.82) is 0 Å². The van der Waals surface area contributed by atoms with E-state index in [0.29, 0.717) is 16.3 Å². The zero-order chi connectivity index (χ0) is 30.9. The van der Waals surface area contributed by atoms with Crippen LogP contribution >= 0.6 is 35.1 Å². The lowest BCUT2D eigenvalue weighted by atomic mass is 10.0. The Morgan fingerprint density at radius 2 is 1.74 bits per heavy atom. The molecule has 222 valence electrons. The number of nitrogens with two attached hydrogens (primary N) is 1. The number of allylic oxidation sites excluding steroid dienone is 2. The molecule has 0 fully saturated rings. The van der Waals surface area contributed by atoms with Gasteiger partial charge in [0, 0.05) is 51.4 Å². The number of nitrogens with one attached hydrogen (secondary N) is 1. The standard InChI is InChI=1S/C28H28ClN3OS.C4H7Cl.C2H5N/c1-3-17-32(34-18-4-2)23-12-9-21(10-13-23)28(33)31-22-11-14-26(29)25(19-22)27-24-8-6-5-7-20(24)15-16-30-27;1-3-4(2)5;1-2-3/h5-16,19H,3-4,17-18H2,1-2H3,(H,31,33);3H,1-2H3;2H,1,3H2/b;4-3+;. The zero-order valence-electron chi connectivity index (χ0n) is 24.7. The SMILES string of the molecule is C/C=C(\C)Cl.C=CN.CCCSN(CCC)c1ccc(C(=O)Nc2ccc(Cl)c(-c3nccc4ccccc34)c2)cc1. The van der Waals surface area contributed by atoms with Gasteiger partial charge in [-0.3, -0.25) is 9.78 Å². The van der Waals surface area contributed by atoms with E-state index in [9.17, 15) is 4.79 Å². The fraction of sp³-hybridized carbons (Fsp3) is 0.235. The highest BCUT2D eigenvalue weighted by molar-refractivity contribution is 8.00. The Labute approximate surface area is 264 Å². The van der Waals surface area contributed by atoms with Crippen LogP contribution in [0.4, 0.5) is 11.4 Å². The average Bonchev–Trinajstić information content (AvgIpc) is 3.00. The predicted molar refractivity (Wildman–Crippen MR) is 187 cm³/mol. The summed E-state index contributed by atoms with van der Waals surface area (Å²) in [6, 6.07) is 23.3. The van der Waals surface area contributed by atoms with Crippen LogP contribution in [0.3, 0.4) is 0 Å². The third-order valence-corrected chi connectivity index (χ3v) is 7.69. The van der Waals surface area contributed by atoms with Crippen molar-refractivity contribution in [3.8, 4) is 11.3 Å². The van der Waals surface area contributed by atoms with Gasteiger partial charge in [-0.05, 0) is 98.8 Å². The van der Waals surface area contributed by atoms with Gasteiger partial charge in [0.25, 0.3) is 5.91 Å². The molecule has 0 aliphatic heterocycles. The highest BCUT2D eigenvalue weighted by Gasteiger charge is 2.13. The summed E-state index contributed by atoms with van der Waals surface area (Å²) in [6.45, 7) is 12.2. The first-order valence-electron chi connectivity index (χ1n) is 13.9. The van der Waals surface area contributed by atoms with E-state index in [4.69, 9.17) is 23.2 Å². The first-order chi connectivity index (χ1) is 20.3. The molecule has 3 N–H and O–H groups in total. The summed E-state index contributed by atoms with van der Waals surface area (Å²) in [5, 5.41) is 6.56. The van der Waals surface area contributed by atoms with Crippen LogP contribution < -0.4 is 15.4 Å². The maximum absolute atomic E-state index is 13.0. The van der Waals surface area contributed by atoms with Gasteiger partial charge in [-0.2, -0.15) is 0 Å². The minimum Gasteiger partial charge on any atom is -0.405 e. The molecule has 3 aromatic carbocycles. The molecule has 1 aromatic heterocycles. The molecule has 0 aliphatic rings. The van der Waals surface area contributed by atoms with E-state index in [1.54, 1.807) is 12.3 Å². The van der Waals surface area contributed by atoms with Crippen LogP contribution in [-0.4, -0.2) is 23.2 Å². The predicted octanol–water partition coefficient (Wildman–Crippen LogP) is 10.3. The number of benzene rings is 3. The Hall–Kier alpha value is -3.45. The van der Waals surface area contributed by atoms with E-state index in [-0.39, 0.29) is 5.91 Å². The number of hydrogen-bond acceptors (Lipinski definition) is 5. The van der Waals surface area contributed by atoms with Crippen molar-refractivity contribution in [3.63, 3.8) is 0 Å². The van der Waals surface area contributed by atoms with Gasteiger partial charge >= 0.3 is 0 Å². The number of amides is 1. The second-order valence-corrected chi connectivity index (χ2v) is 11.2. The molecule has 0 atom stereocenters. The quantitative estimate of drug-likeness (QED) is 0.182. The van der Waals surface area contributed by atoms with Gasteiger partial charge in [-0.25, -0.2) is 0 Å². The molecule has 0 spiro atoms. The maximum Gasteiger partial charge on any atom is 0.255 e. The van der Waals surface area contributed by atoms with E-state index in [0.717, 1.165) is 57.9 Å². The summed E-state index contributed by atoms with van der Waals surface area (Å²) >= 11 is 13.7.